The number of ketones is 1. The van der Waals surface area contributed by atoms with Crippen LogP contribution in [0.1, 0.15) is 108 Å². The van der Waals surface area contributed by atoms with Gasteiger partial charge in [-0.2, -0.15) is 0 Å². The van der Waals surface area contributed by atoms with Crippen molar-refractivity contribution in [3.05, 3.63) is 71.8 Å². The first kappa shape index (κ1) is 43.8. The molecule has 69 heavy (non-hydrogen) atoms. The molecule has 12 nitrogen and oxygen atoms in total. The van der Waals surface area contributed by atoms with Gasteiger partial charge in [0.1, 0.15) is 24.1 Å². The number of ether oxygens (including phenoxy) is 4. The summed E-state index contributed by atoms with van der Waals surface area (Å²) in [5, 5.41) is 29.4. The Kier molecular flexibility index (Phi) is 9.39. The van der Waals surface area contributed by atoms with Gasteiger partial charge in [0.15, 0.2) is 17.5 Å². The van der Waals surface area contributed by atoms with Gasteiger partial charge in [-0.3, -0.25) is 14.9 Å². The van der Waals surface area contributed by atoms with E-state index in [0.717, 1.165) is 63.7 Å². The third-order valence-electron chi connectivity index (χ3n) is 22.1. The molecule has 3 N–H and O–H groups in total. The van der Waals surface area contributed by atoms with E-state index in [1.807, 2.05) is 26.0 Å². The van der Waals surface area contributed by atoms with E-state index in [0.29, 0.717) is 61.2 Å². The third kappa shape index (κ3) is 5.48. The number of aliphatic hydroxyl groups is 2. The summed E-state index contributed by atoms with van der Waals surface area (Å²) in [5.41, 5.74) is -4.98. The van der Waals surface area contributed by atoms with Gasteiger partial charge >= 0.3 is 11.9 Å². The molecule has 366 valence electrons. The van der Waals surface area contributed by atoms with Crippen molar-refractivity contribution in [1.82, 2.24) is 10.2 Å². The Hall–Kier alpha value is -3.99. The van der Waals surface area contributed by atoms with Crippen molar-refractivity contribution < 1.29 is 48.0 Å². The van der Waals surface area contributed by atoms with Crippen molar-refractivity contribution in [2.75, 3.05) is 19.8 Å². The monoisotopic (exact) mass is 940 g/mol. The number of Topliss-reactive ketones (excluding diaryl/α,β-unsaturated/α-hetero) is 1. The van der Waals surface area contributed by atoms with E-state index in [9.17, 15) is 15.0 Å². The smallest absolute Gasteiger partial charge is 0.339 e. The third-order valence-corrected chi connectivity index (χ3v) is 22.1. The van der Waals surface area contributed by atoms with Crippen molar-refractivity contribution >= 4 is 17.7 Å². The number of cyclic esters (lactones) is 1. The normalized spacial score (nSPS) is 50.3. The van der Waals surface area contributed by atoms with E-state index in [-0.39, 0.29) is 54.9 Å². The van der Waals surface area contributed by atoms with Crippen LogP contribution >= 0.6 is 0 Å². The zero-order valence-electron chi connectivity index (χ0n) is 40.3. The Bertz CT molecular complexity index is 2580. The highest BCUT2D eigenvalue weighted by atomic mass is 16.7. The lowest BCUT2D eigenvalue weighted by atomic mass is 9.31. The maximum Gasteiger partial charge on any atom is 0.339 e. The van der Waals surface area contributed by atoms with Gasteiger partial charge in [-0.15, -0.1) is 0 Å². The van der Waals surface area contributed by atoms with Gasteiger partial charge in [-0.05, 0) is 143 Å². The maximum absolute atomic E-state index is 15.9. The van der Waals surface area contributed by atoms with Crippen LogP contribution in [-0.2, 0) is 51.8 Å². The minimum atomic E-state index is -1.51. The number of allylic oxidation sites excluding steroid dienone is 1. The Labute approximate surface area is 405 Å². The minimum absolute atomic E-state index is 0.00395. The fourth-order valence-corrected chi connectivity index (χ4v) is 19.7. The van der Waals surface area contributed by atoms with Crippen LogP contribution in [0, 0.1) is 87.3 Å². The summed E-state index contributed by atoms with van der Waals surface area (Å²) in [7, 11) is 0. The molecule has 5 saturated carbocycles. The Morgan fingerprint density at radius 1 is 0.928 bits per heavy atom. The van der Waals surface area contributed by atoms with Gasteiger partial charge in [0.2, 0.25) is 0 Å². The molecule has 4 bridgehead atoms. The predicted octanol–water partition coefficient (Wildman–Crippen LogP) is 6.26. The summed E-state index contributed by atoms with van der Waals surface area (Å²) in [6.45, 7) is 7.97. The molecule has 6 aliphatic heterocycles. The average molecular weight is 941 g/mol. The van der Waals surface area contributed by atoms with Gasteiger partial charge in [0.25, 0.3) is 0 Å². The molecular weight excluding hydrogens is 873 g/mol. The highest BCUT2D eigenvalue weighted by Crippen LogP contribution is 2.84. The number of nitrogens with one attached hydrogen (secondary N) is 1. The quantitative estimate of drug-likeness (QED) is 0.176. The van der Waals surface area contributed by atoms with Crippen molar-refractivity contribution in [3.63, 3.8) is 0 Å². The van der Waals surface area contributed by atoms with Gasteiger partial charge in [-0.25, -0.2) is 4.79 Å². The van der Waals surface area contributed by atoms with Crippen LogP contribution in [0.2, 0.25) is 0 Å². The molecule has 3 spiro atoms. The fraction of sp³-hybridized carbons (Fsp3) is 0.702. The predicted molar refractivity (Wildman–Crippen MR) is 249 cm³/mol. The maximum atomic E-state index is 15.9. The van der Waals surface area contributed by atoms with E-state index in [2.05, 4.69) is 65.5 Å². The van der Waals surface area contributed by atoms with E-state index >= 15 is 9.59 Å². The second-order valence-corrected chi connectivity index (χ2v) is 24.9. The molecule has 14 rings (SSSR count). The van der Waals surface area contributed by atoms with Crippen LogP contribution in [0.15, 0.2) is 59.4 Å². The number of hydrogen-bond acceptors (Lipinski definition) is 12. The number of furan rings is 1. The van der Waals surface area contributed by atoms with Crippen molar-refractivity contribution in [1.29, 1.82) is 0 Å². The SMILES string of the molecule is CC1(C)O[C@H]2CC(=O)OC[C@@]23[C@@H]1C(=O)[C@@H](O)[C@]12[C@@H]3CC[C@]3(C)[C@@]14O[C@@H]4C(=O)O[C@]3(c1ccoc1C[C@@H]1[C@H]3C[C@H]4C=CN5CNC[C@H]5[C@@H]4C[C@@H]3CC[C@H]1O)CC#C[C@@H]1CC[C@H](Cc3ccccc3)C[C@@H]12. The molecule has 0 amide bonds. The summed E-state index contributed by atoms with van der Waals surface area (Å²) >= 11 is 0. The average Bonchev–Trinajstić information content (AvgIpc) is 3.55. The van der Waals surface area contributed by atoms with Gasteiger partial charge in [0.05, 0.1) is 49.5 Å². The highest BCUT2D eigenvalue weighted by Gasteiger charge is 2.95. The molecule has 7 heterocycles. The lowest BCUT2D eigenvalue weighted by Gasteiger charge is -2.71. The van der Waals surface area contributed by atoms with Crippen LogP contribution in [0.4, 0.5) is 0 Å². The van der Waals surface area contributed by atoms with Gasteiger partial charge in [0, 0.05) is 46.7 Å². The molecular formula is C57H68N2O10. The molecule has 1 aromatic carbocycles. The second kappa shape index (κ2) is 14.8. The number of rotatable bonds is 5. The molecule has 5 saturated heterocycles. The lowest BCUT2D eigenvalue weighted by molar-refractivity contribution is -0.295. The highest BCUT2D eigenvalue weighted by molar-refractivity contribution is 5.92. The number of esters is 2. The number of epoxide rings is 1. The molecule has 0 unspecified atom stereocenters. The zero-order valence-corrected chi connectivity index (χ0v) is 40.3. The molecule has 10 fully saturated rings. The first-order chi connectivity index (χ1) is 33.3. The Morgan fingerprint density at radius 2 is 1.78 bits per heavy atom. The largest absolute Gasteiger partial charge is 0.469 e. The second-order valence-electron chi connectivity index (χ2n) is 24.9. The van der Waals surface area contributed by atoms with Crippen molar-refractivity contribution in [3.8, 4) is 11.8 Å². The molecule has 20 atom stereocenters. The van der Waals surface area contributed by atoms with Crippen LogP contribution in [0.5, 0.6) is 0 Å². The molecule has 6 aliphatic carbocycles. The zero-order chi connectivity index (χ0) is 47.0. The van der Waals surface area contributed by atoms with E-state index in [4.69, 9.17) is 23.4 Å². The fourth-order valence-electron chi connectivity index (χ4n) is 19.7. The Balaban J connectivity index is 0.915. The Morgan fingerprint density at radius 3 is 2.64 bits per heavy atom. The molecule has 2 aromatic rings. The van der Waals surface area contributed by atoms with Crippen molar-refractivity contribution in [2.45, 2.75) is 152 Å². The number of aliphatic hydroxyl groups excluding tert-OH is 2. The topological polar surface area (TPSA) is 160 Å². The standard InChI is InChI=1S/C57H68N2O10/c1-52(2)48-47(62)49(63)56-40-23-32(22-31-8-5-4-6-9-31)11-12-33(40)10-7-18-55(53(3,57(56)50(68-57)51(64)69-55)19-15-44(56)54(48)29-66-46(61)27-45(54)67-52)39-17-21-65-43(39)26-38-36-24-35-16-20-59-30-58-28-41(59)37(35)25-34(36)13-14-42(38)60/h4-6,8-9,16-17,20-21,32-38,40-42,44-45,48-50,58,60,63H,11-15,18-19,22-30H2,1-3H3/t32-,33-,34+,35-,36+,37-,38-,40+,41+,42-,44-,45+,48-,49-,50-,53+,54+,55+,56+,57-/m1/s1. The number of carbonyl (C=O) groups excluding carboxylic acids is 3. The molecule has 12 heteroatoms. The van der Waals surface area contributed by atoms with E-state index in [1.165, 1.54) is 5.56 Å². The van der Waals surface area contributed by atoms with E-state index < -0.39 is 75.3 Å². The van der Waals surface area contributed by atoms with Gasteiger partial charge in [-0.1, -0.05) is 55.2 Å². The van der Waals surface area contributed by atoms with Crippen LogP contribution < -0.4 is 5.32 Å². The summed E-state index contributed by atoms with van der Waals surface area (Å²) in [6.07, 6.45) is 11.8. The number of fused-ring (bicyclic) bond motifs is 5. The molecule has 0 radical (unpaired) electrons. The summed E-state index contributed by atoms with van der Waals surface area (Å²) in [5.74, 6) is 7.36. The number of nitrogens with zero attached hydrogens (tertiary/aromatic N) is 1. The van der Waals surface area contributed by atoms with E-state index in [1.54, 1.807) is 6.26 Å². The van der Waals surface area contributed by atoms with Crippen molar-refractivity contribution in [2.24, 2.45) is 75.4 Å². The first-order valence-electron chi connectivity index (χ1n) is 26.7. The first-order valence-corrected chi connectivity index (χ1v) is 26.7. The number of benzene rings is 1. The summed E-state index contributed by atoms with van der Waals surface area (Å²) in [6, 6.07) is 13.0. The van der Waals surface area contributed by atoms with Crippen LogP contribution in [-0.4, -0.2) is 94.3 Å². The minimum Gasteiger partial charge on any atom is -0.469 e. The molecule has 12 aliphatic rings. The summed E-state index contributed by atoms with van der Waals surface area (Å²) in [4.78, 5) is 47.0. The lowest BCUT2D eigenvalue weighted by Crippen LogP contribution is -2.81. The number of hydrogen-bond donors (Lipinski definition) is 3. The number of carbonyl (C=O) groups is 3. The molecule has 1 aromatic heterocycles. The van der Waals surface area contributed by atoms with Gasteiger partial charge < -0.3 is 38.5 Å². The summed E-state index contributed by atoms with van der Waals surface area (Å²) < 4.78 is 34.0. The van der Waals surface area contributed by atoms with Crippen LogP contribution in [0.3, 0.4) is 0 Å². The van der Waals surface area contributed by atoms with Crippen LogP contribution in [0.25, 0.3) is 0 Å².